The second-order valence-corrected chi connectivity index (χ2v) is 10.4. The number of carbonyl (C=O) groups is 2. The summed E-state index contributed by atoms with van der Waals surface area (Å²) in [5.74, 6) is -0.504. The highest BCUT2D eigenvalue weighted by atomic mass is 32.1. The van der Waals surface area contributed by atoms with Crippen LogP contribution in [-0.4, -0.2) is 47.9 Å². The van der Waals surface area contributed by atoms with Crippen LogP contribution in [0.5, 0.6) is 0 Å². The molecule has 3 heterocycles. The van der Waals surface area contributed by atoms with Crippen LogP contribution in [0.1, 0.15) is 46.5 Å². The summed E-state index contributed by atoms with van der Waals surface area (Å²) >= 11 is 1.48. The van der Waals surface area contributed by atoms with E-state index < -0.39 is 0 Å². The van der Waals surface area contributed by atoms with Crippen molar-refractivity contribution in [3.63, 3.8) is 0 Å². The van der Waals surface area contributed by atoms with Gasteiger partial charge in [0.15, 0.2) is 5.13 Å². The monoisotopic (exact) mass is 492 g/mol. The highest BCUT2D eigenvalue weighted by Crippen LogP contribution is 2.36. The zero-order valence-corrected chi connectivity index (χ0v) is 20.7. The Hall–Kier alpha value is -3.10. The lowest BCUT2D eigenvalue weighted by Crippen LogP contribution is -2.33. The maximum absolute atomic E-state index is 13.2. The molecule has 2 amide bonds. The number of fused-ring (bicyclic) bond motifs is 1. The van der Waals surface area contributed by atoms with Gasteiger partial charge in [-0.15, -0.1) is 11.3 Å². The molecule has 35 heavy (non-hydrogen) atoms. The topological polar surface area (TPSA) is 65.5 Å². The fraction of sp³-hybridized carbons (Fsp3) is 0.370. The van der Waals surface area contributed by atoms with Gasteiger partial charge in [-0.2, -0.15) is 0 Å². The van der Waals surface area contributed by atoms with Crippen LogP contribution in [0.2, 0.25) is 0 Å². The molecule has 182 valence electrons. The number of thiazole rings is 1. The van der Waals surface area contributed by atoms with E-state index in [-0.39, 0.29) is 17.6 Å². The zero-order chi connectivity index (χ0) is 24.4. The van der Waals surface area contributed by atoms with Crippen LogP contribution < -0.4 is 10.2 Å². The molecule has 1 N–H and O–H groups in total. The van der Waals surface area contributed by atoms with Crippen LogP contribution in [0.4, 0.5) is 15.2 Å². The van der Waals surface area contributed by atoms with Crippen LogP contribution in [0.3, 0.4) is 0 Å². The molecule has 0 saturated carbocycles. The molecule has 0 bridgehead atoms. The Balaban J connectivity index is 1.28. The maximum Gasteiger partial charge on any atom is 0.258 e. The molecule has 2 aliphatic heterocycles. The Morgan fingerprint density at radius 2 is 1.77 bits per heavy atom. The number of hydrogen-bond acceptors (Lipinski definition) is 5. The molecule has 3 aromatic rings. The normalized spacial score (nSPS) is 16.1. The minimum atomic E-state index is -0.357. The van der Waals surface area contributed by atoms with Crippen molar-refractivity contribution in [2.45, 2.75) is 39.0 Å². The number of halogens is 1. The second-order valence-electron chi connectivity index (χ2n) is 9.22. The molecular weight excluding hydrogens is 463 g/mol. The van der Waals surface area contributed by atoms with Crippen molar-refractivity contribution < 1.29 is 14.0 Å². The molecule has 2 aliphatic rings. The van der Waals surface area contributed by atoms with Crippen LogP contribution in [0.15, 0.2) is 42.5 Å². The van der Waals surface area contributed by atoms with Crippen molar-refractivity contribution in [1.82, 2.24) is 9.88 Å². The Morgan fingerprint density at radius 1 is 1.03 bits per heavy atom. The fourth-order valence-corrected chi connectivity index (χ4v) is 5.73. The summed E-state index contributed by atoms with van der Waals surface area (Å²) in [7, 11) is 0. The molecule has 1 saturated heterocycles. The van der Waals surface area contributed by atoms with Gasteiger partial charge in [-0.3, -0.25) is 14.5 Å². The third-order valence-corrected chi connectivity index (χ3v) is 7.58. The molecule has 5 rings (SSSR count). The van der Waals surface area contributed by atoms with Gasteiger partial charge in [0.2, 0.25) is 5.91 Å². The van der Waals surface area contributed by atoms with E-state index in [1.165, 1.54) is 48.4 Å². The molecule has 8 heteroatoms. The van der Waals surface area contributed by atoms with Gasteiger partial charge in [-0.25, -0.2) is 9.37 Å². The van der Waals surface area contributed by atoms with E-state index in [0.717, 1.165) is 59.7 Å². The number of aromatic nitrogens is 1. The highest BCUT2D eigenvalue weighted by molar-refractivity contribution is 7.16. The molecule has 0 spiro atoms. The zero-order valence-electron chi connectivity index (χ0n) is 19.8. The predicted octanol–water partition coefficient (Wildman–Crippen LogP) is 5.28. The number of amides is 2. The van der Waals surface area contributed by atoms with E-state index >= 15 is 0 Å². The summed E-state index contributed by atoms with van der Waals surface area (Å²) in [6, 6.07) is 11.7. The molecule has 2 aromatic carbocycles. The standard InChI is InChI=1S/C27H29FN4O2S/c1-18-25(30-27(35-18)29-24(33)17-31-13-4-2-3-5-14-31)21-8-11-23-20(16-21)12-15-32(23)26(34)19-6-9-22(28)10-7-19/h6-11,16H,2-5,12-15,17H2,1H3,(H,29,30,33). The van der Waals surface area contributed by atoms with E-state index in [1.54, 1.807) is 4.90 Å². The number of rotatable bonds is 5. The van der Waals surface area contributed by atoms with E-state index in [2.05, 4.69) is 16.3 Å². The largest absolute Gasteiger partial charge is 0.308 e. The van der Waals surface area contributed by atoms with Gasteiger partial charge < -0.3 is 10.2 Å². The molecule has 6 nitrogen and oxygen atoms in total. The third-order valence-electron chi connectivity index (χ3n) is 6.69. The molecule has 0 atom stereocenters. The highest BCUT2D eigenvalue weighted by Gasteiger charge is 2.26. The maximum atomic E-state index is 13.2. The summed E-state index contributed by atoms with van der Waals surface area (Å²) in [5, 5.41) is 3.60. The van der Waals surface area contributed by atoms with E-state index in [1.807, 2.05) is 19.1 Å². The van der Waals surface area contributed by atoms with Gasteiger partial charge in [-0.1, -0.05) is 18.9 Å². The fourth-order valence-electron chi connectivity index (χ4n) is 4.88. The van der Waals surface area contributed by atoms with Crippen LogP contribution >= 0.6 is 11.3 Å². The van der Waals surface area contributed by atoms with Gasteiger partial charge in [0.1, 0.15) is 5.82 Å². The second kappa shape index (κ2) is 10.3. The summed E-state index contributed by atoms with van der Waals surface area (Å²) in [4.78, 5) is 35.3. The van der Waals surface area contributed by atoms with Crippen molar-refractivity contribution in [3.05, 3.63) is 64.3 Å². The number of benzene rings is 2. The number of anilines is 2. The van der Waals surface area contributed by atoms with Crippen molar-refractivity contribution in [2.24, 2.45) is 0 Å². The lowest BCUT2D eigenvalue weighted by molar-refractivity contribution is -0.117. The average Bonchev–Trinajstić information content (AvgIpc) is 3.33. The number of aryl methyl sites for hydroxylation is 1. The lowest BCUT2D eigenvalue weighted by Gasteiger charge is -2.18. The number of carbonyl (C=O) groups excluding carboxylic acids is 2. The van der Waals surface area contributed by atoms with Gasteiger partial charge in [-0.05, 0) is 81.2 Å². The minimum absolute atomic E-state index is 0.0175. The first-order valence-corrected chi connectivity index (χ1v) is 13.0. The van der Waals surface area contributed by atoms with Crippen LogP contribution in [-0.2, 0) is 11.2 Å². The first kappa shape index (κ1) is 23.6. The quantitative estimate of drug-likeness (QED) is 0.527. The van der Waals surface area contributed by atoms with Gasteiger partial charge in [0.25, 0.3) is 5.91 Å². The lowest BCUT2D eigenvalue weighted by atomic mass is 10.1. The molecule has 0 aliphatic carbocycles. The Morgan fingerprint density at radius 3 is 2.51 bits per heavy atom. The Bertz CT molecular complexity index is 1230. The van der Waals surface area contributed by atoms with Crippen molar-refractivity contribution in [2.75, 3.05) is 36.4 Å². The van der Waals surface area contributed by atoms with Crippen molar-refractivity contribution in [3.8, 4) is 11.3 Å². The SMILES string of the molecule is Cc1sc(NC(=O)CN2CCCCCC2)nc1-c1ccc2c(c1)CCN2C(=O)c1ccc(F)cc1. The van der Waals surface area contributed by atoms with Crippen molar-refractivity contribution >= 4 is 34.0 Å². The minimum Gasteiger partial charge on any atom is -0.308 e. The number of likely N-dealkylation sites (tertiary alicyclic amines) is 1. The number of nitrogens with zero attached hydrogens (tertiary/aromatic N) is 3. The van der Waals surface area contributed by atoms with Crippen molar-refractivity contribution in [1.29, 1.82) is 0 Å². The molecular formula is C27H29FN4O2S. The number of nitrogens with one attached hydrogen (secondary N) is 1. The Kier molecular flexibility index (Phi) is 6.92. The molecule has 1 fully saturated rings. The van der Waals surface area contributed by atoms with E-state index in [0.29, 0.717) is 23.8 Å². The summed E-state index contributed by atoms with van der Waals surface area (Å²) in [5.41, 5.74) is 4.26. The Labute approximate surface area is 208 Å². The summed E-state index contributed by atoms with van der Waals surface area (Å²) < 4.78 is 13.2. The molecule has 0 unspecified atom stereocenters. The summed E-state index contributed by atoms with van der Waals surface area (Å²) in [6.07, 6.45) is 5.54. The number of hydrogen-bond donors (Lipinski definition) is 1. The van der Waals surface area contributed by atoms with Gasteiger partial charge in [0, 0.05) is 28.2 Å². The van der Waals surface area contributed by atoms with Gasteiger partial charge in [0.05, 0.1) is 12.2 Å². The van der Waals surface area contributed by atoms with Gasteiger partial charge >= 0.3 is 0 Å². The van der Waals surface area contributed by atoms with E-state index in [4.69, 9.17) is 4.98 Å². The predicted molar refractivity (Wildman–Crippen MR) is 138 cm³/mol. The molecule has 0 radical (unpaired) electrons. The first-order valence-electron chi connectivity index (χ1n) is 12.2. The van der Waals surface area contributed by atoms with Crippen LogP contribution in [0.25, 0.3) is 11.3 Å². The summed E-state index contributed by atoms with van der Waals surface area (Å²) in [6.45, 7) is 4.96. The van der Waals surface area contributed by atoms with Crippen LogP contribution in [0, 0.1) is 12.7 Å². The third kappa shape index (κ3) is 5.28. The molecule has 1 aromatic heterocycles. The first-order chi connectivity index (χ1) is 17.0. The average molecular weight is 493 g/mol. The van der Waals surface area contributed by atoms with E-state index in [9.17, 15) is 14.0 Å². The smallest absolute Gasteiger partial charge is 0.258 e.